The van der Waals surface area contributed by atoms with E-state index in [1.54, 1.807) is 19.2 Å². The van der Waals surface area contributed by atoms with Gasteiger partial charge in [0.15, 0.2) is 0 Å². The largest absolute Gasteiger partial charge is 0.383 e. The molecule has 2 aromatic carbocycles. The van der Waals surface area contributed by atoms with Gasteiger partial charge in [0, 0.05) is 50.5 Å². The van der Waals surface area contributed by atoms with Crippen LogP contribution < -0.4 is 10.2 Å². The van der Waals surface area contributed by atoms with Gasteiger partial charge in [0.1, 0.15) is 5.69 Å². The zero-order valence-corrected chi connectivity index (χ0v) is 17.4. The summed E-state index contributed by atoms with van der Waals surface area (Å²) in [6, 6.07) is 13.0. The Morgan fingerprint density at radius 1 is 1.03 bits per heavy atom. The van der Waals surface area contributed by atoms with Gasteiger partial charge in [-0.05, 0) is 35.2 Å². The third-order valence-corrected chi connectivity index (χ3v) is 5.38. The number of nitro benzene ring substituents is 1. The Balaban J connectivity index is 1.66. The Morgan fingerprint density at radius 3 is 2.17 bits per heavy atom. The first-order valence-electron chi connectivity index (χ1n) is 9.81. The number of nitro groups is 1. The van der Waals surface area contributed by atoms with Gasteiger partial charge in [-0.3, -0.25) is 14.9 Å². The number of carbonyl (C=O) groups is 1. The summed E-state index contributed by atoms with van der Waals surface area (Å²) < 4.78 is 0. The van der Waals surface area contributed by atoms with Gasteiger partial charge in [-0.15, -0.1) is 0 Å². The van der Waals surface area contributed by atoms with Crippen LogP contribution in [-0.4, -0.2) is 49.0 Å². The summed E-state index contributed by atoms with van der Waals surface area (Å²) in [5.74, 6) is 0.0460. The number of rotatable bonds is 4. The van der Waals surface area contributed by atoms with E-state index in [0.29, 0.717) is 37.4 Å². The van der Waals surface area contributed by atoms with Crippen LogP contribution in [-0.2, 0) is 5.41 Å². The van der Waals surface area contributed by atoms with Crippen molar-refractivity contribution in [1.82, 2.24) is 4.90 Å². The summed E-state index contributed by atoms with van der Waals surface area (Å²) in [5.41, 5.74) is 3.44. The number of benzene rings is 2. The first kappa shape index (κ1) is 20.6. The lowest BCUT2D eigenvalue weighted by Gasteiger charge is -2.36. The highest BCUT2D eigenvalue weighted by Gasteiger charge is 2.24. The molecule has 3 rings (SSSR count). The van der Waals surface area contributed by atoms with Gasteiger partial charge in [-0.1, -0.05) is 32.9 Å². The SMILES string of the molecule is CNc1cc(N2CCN(C(=O)c3ccc(C(C)(C)C)cc3)CC2)ccc1[N+](=O)[O-]. The molecule has 1 heterocycles. The predicted octanol–water partition coefficient (Wildman–Crippen LogP) is 3.90. The van der Waals surface area contributed by atoms with Crippen LogP contribution >= 0.6 is 0 Å². The first-order chi connectivity index (χ1) is 13.7. The van der Waals surface area contributed by atoms with Crippen molar-refractivity contribution in [1.29, 1.82) is 0 Å². The van der Waals surface area contributed by atoms with Crippen molar-refractivity contribution in [2.75, 3.05) is 43.4 Å². The Labute approximate surface area is 171 Å². The van der Waals surface area contributed by atoms with Gasteiger partial charge < -0.3 is 15.1 Å². The number of anilines is 2. The van der Waals surface area contributed by atoms with Crippen molar-refractivity contribution in [2.45, 2.75) is 26.2 Å². The van der Waals surface area contributed by atoms with E-state index in [2.05, 4.69) is 31.0 Å². The molecule has 1 fully saturated rings. The van der Waals surface area contributed by atoms with Crippen LogP contribution in [0.1, 0.15) is 36.7 Å². The molecule has 0 bridgehead atoms. The normalized spacial score (nSPS) is 14.6. The van der Waals surface area contributed by atoms with E-state index in [0.717, 1.165) is 5.69 Å². The minimum Gasteiger partial charge on any atom is -0.383 e. The van der Waals surface area contributed by atoms with Crippen LogP contribution in [0, 0.1) is 10.1 Å². The smallest absolute Gasteiger partial charge is 0.292 e. The van der Waals surface area contributed by atoms with E-state index in [4.69, 9.17) is 0 Å². The molecule has 0 spiro atoms. The minimum atomic E-state index is -0.392. The molecule has 1 amide bonds. The highest BCUT2D eigenvalue weighted by atomic mass is 16.6. The van der Waals surface area contributed by atoms with Gasteiger partial charge in [0.25, 0.3) is 11.6 Å². The summed E-state index contributed by atoms with van der Waals surface area (Å²) in [6.45, 7) is 9.07. The summed E-state index contributed by atoms with van der Waals surface area (Å²) in [5, 5.41) is 14.0. The van der Waals surface area contributed by atoms with Crippen LogP contribution in [0.15, 0.2) is 42.5 Å². The number of nitrogens with one attached hydrogen (secondary N) is 1. The lowest BCUT2D eigenvalue weighted by atomic mass is 9.86. The minimum absolute atomic E-state index is 0.0460. The Morgan fingerprint density at radius 2 is 1.66 bits per heavy atom. The maximum atomic E-state index is 12.8. The number of nitrogens with zero attached hydrogens (tertiary/aromatic N) is 3. The average molecular weight is 396 g/mol. The highest BCUT2D eigenvalue weighted by molar-refractivity contribution is 5.94. The molecule has 1 N–H and O–H groups in total. The van der Waals surface area contributed by atoms with Crippen molar-refractivity contribution < 1.29 is 9.72 Å². The Kier molecular flexibility index (Phi) is 5.77. The molecule has 1 aliphatic heterocycles. The molecular formula is C22H28N4O3. The summed E-state index contributed by atoms with van der Waals surface area (Å²) >= 11 is 0. The third kappa shape index (κ3) is 4.50. The predicted molar refractivity (Wildman–Crippen MR) is 116 cm³/mol. The van der Waals surface area contributed by atoms with Gasteiger partial charge in [0.05, 0.1) is 4.92 Å². The molecule has 0 unspecified atom stereocenters. The fraction of sp³-hybridized carbons (Fsp3) is 0.409. The van der Waals surface area contributed by atoms with E-state index < -0.39 is 4.92 Å². The lowest BCUT2D eigenvalue weighted by Crippen LogP contribution is -2.48. The second-order valence-electron chi connectivity index (χ2n) is 8.32. The second-order valence-corrected chi connectivity index (χ2v) is 8.32. The fourth-order valence-electron chi connectivity index (χ4n) is 3.54. The van der Waals surface area contributed by atoms with Crippen LogP contribution in [0.2, 0.25) is 0 Å². The molecule has 1 aliphatic rings. The topological polar surface area (TPSA) is 78.7 Å². The van der Waals surface area contributed by atoms with E-state index in [1.807, 2.05) is 29.2 Å². The van der Waals surface area contributed by atoms with E-state index in [9.17, 15) is 14.9 Å². The molecule has 2 aromatic rings. The fourth-order valence-corrected chi connectivity index (χ4v) is 3.54. The number of hydrogen-bond acceptors (Lipinski definition) is 5. The summed E-state index contributed by atoms with van der Waals surface area (Å²) in [7, 11) is 1.67. The molecule has 0 aromatic heterocycles. The van der Waals surface area contributed by atoms with Crippen molar-refractivity contribution in [3.8, 4) is 0 Å². The molecule has 29 heavy (non-hydrogen) atoms. The maximum Gasteiger partial charge on any atom is 0.292 e. The van der Waals surface area contributed by atoms with Gasteiger partial charge in [-0.25, -0.2) is 0 Å². The molecule has 0 radical (unpaired) electrons. The van der Waals surface area contributed by atoms with Crippen LogP contribution in [0.25, 0.3) is 0 Å². The number of hydrogen-bond donors (Lipinski definition) is 1. The second kappa shape index (κ2) is 8.11. The highest BCUT2D eigenvalue weighted by Crippen LogP contribution is 2.30. The van der Waals surface area contributed by atoms with Crippen molar-refractivity contribution in [2.24, 2.45) is 0 Å². The zero-order valence-electron chi connectivity index (χ0n) is 17.4. The van der Waals surface area contributed by atoms with Crippen molar-refractivity contribution in [3.05, 3.63) is 63.7 Å². The van der Waals surface area contributed by atoms with Crippen molar-refractivity contribution in [3.63, 3.8) is 0 Å². The monoisotopic (exact) mass is 396 g/mol. The number of carbonyl (C=O) groups excluding carboxylic acids is 1. The Hall–Kier alpha value is -3.09. The Bertz CT molecular complexity index is 895. The molecule has 7 heteroatoms. The van der Waals surface area contributed by atoms with Crippen LogP contribution in [0.3, 0.4) is 0 Å². The van der Waals surface area contributed by atoms with E-state index >= 15 is 0 Å². The summed E-state index contributed by atoms with van der Waals surface area (Å²) in [6.07, 6.45) is 0. The van der Waals surface area contributed by atoms with Crippen LogP contribution in [0.5, 0.6) is 0 Å². The molecule has 0 aliphatic carbocycles. The van der Waals surface area contributed by atoms with E-state index in [1.165, 1.54) is 11.6 Å². The van der Waals surface area contributed by atoms with Gasteiger partial charge >= 0.3 is 0 Å². The summed E-state index contributed by atoms with van der Waals surface area (Å²) in [4.78, 5) is 27.6. The van der Waals surface area contributed by atoms with Gasteiger partial charge in [-0.2, -0.15) is 0 Å². The number of amides is 1. The molecule has 7 nitrogen and oxygen atoms in total. The first-order valence-corrected chi connectivity index (χ1v) is 9.81. The maximum absolute atomic E-state index is 12.8. The molecule has 0 atom stereocenters. The standard InChI is InChI=1S/C22H28N4O3/c1-22(2,3)17-7-5-16(6-8-17)21(27)25-13-11-24(12-14-25)18-9-10-20(26(28)29)19(15-18)23-4/h5-10,15,23H,11-14H2,1-4H3. The quantitative estimate of drug-likeness (QED) is 0.626. The third-order valence-electron chi connectivity index (χ3n) is 5.38. The molecule has 154 valence electrons. The molecular weight excluding hydrogens is 368 g/mol. The van der Waals surface area contributed by atoms with Crippen molar-refractivity contribution >= 4 is 23.0 Å². The zero-order chi connectivity index (χ0) is 21.2. The average Bonchev–Trinajstić information content (AvgIpc) is 2.72. The molecule has 1 saturated heterocycles. The van der Waals surface area contributed by atoms with Gasteiger partial charge in [0.2, 0.25) is 0 Å². The molecule has 0 saturated carbocycles. The van der Waals surface area contributed by atoms with Crippen LogP contribution in [0.4, 0.5) is 17.1 Å². The lowest BCUT2D eigenvalue weighted by molar-refractivity contribution is -0.383. The number of piperazine rings is 1. The van der Waals surface area contributed by atoms with E-state index in [-0.39, 0.29) is 17.0 Å².